The van der Waals surface area contributed by atoms with Crippen LogP contribution in [-0.2, 0) is 4.79 Å². The van der Waals surface area contributed by atoms with Crippen LogP contribution in [-0.4, -0.2) is 59.5 Å². The van der Waals surface area contributed by atoms with Gasteiger partial charge in [0.2, 0.25) is 0 Å². The molecule has 1 aliphatic rings. The third-order valence-corrected chi connectivity index (χ3v) is 5.50. The second-order valence-electron chi connectivity index (χ2n) is 7.12. The Morgan fingerprint density at radius 2 is 1.62 bits per heavy atom. The molecule has 2 aromatic carbocycles. The summed E-state index contributed by atoms with van der Waals surface area (Å²) in [5.41, 5.74) is 1.89. The van der Waals surface area contributed by atoms with Crippen molar-refractivity contribution in [3.63, 3.8) is 0 Å². The maximum absolute atomic E-state index is 12.8. The molecule has 1 atom stereocenters. The van der Waals surface area contributed by atoms with Crippen LogP contribution < -0.4 is 29.3 Å². The number of hydrogen-bond acceptors (Lipinski definition) is 5. The van der Waals surface area contributed by atoms with Crippen LogP contribution in [0.5, 0.6) is 17.2 Å². The van der Waals surface area contributed by atoms with Crippen molar-refractivity contribution in [2.45, 2.75) is 13.0 Å². The lowest BCUT2D eigenvalue weighted by Crippen LogP contribution is -3.19. The molecular formula is C22H30N3O4+. The molecule has 0 bridgehead atoms. The molecule has 1 saturated heterocycles. The molecule has 2 aromatic rings. The van der Waals surface area contributed by atoms with E-state index in [0.717, 1.165) is 31.9 Å². The van der Waals surface area contributed by atoms with Crippen LogP contribution in [0.2, 0.25) is 0 Å². The number of quaternary nitrogens is 1. The number of nitrogens with zero attached hydrogens (tertiary/aromatic N) is 1. The van der Waals surface area contributed by atoms with Crippen molar-refractivity contribution in [2.24, 2.45) is 0 Å². The van der Waals surface area contributed by atoms with Crippen molar-refractivity contribution >= 4 is 17.3 Å². The molecule has 1 amide bonds. The molecule has 0 radical (unpaired) electrons. The van der Waals surface area contributed by atoms with E-state index in [9.17, 15) is 4.79 Å². The van der Waals surface area contributed by atoms with Gasteiger partial charge in [-0.3, -0.25) is 4.79 Å². The van der Waals surface area contributed by atoms with Crippen LogP contribution in [0.15, 0.2) is 42.5 Å². The van der Waals surface area contributed by atoms with E-state index in [2.05, 4.69) is 22.3 Å². The zero-order valence-electron chi connectivity index (χ0n) is 17.5. The van der Waals surface area contributed by atoms with E-state index < -0.39 is 0 Å². The molecule has 0 aromatic heterocycles. The first-order chi connectivity index (χ1) is 14.0. The lowest BCUT2D eigenvalue weighted by atomic mass is 10.2. The zero-order valence-corrected chi connectivity index (χ0v) is 17.5. The predicted octanol–water partition coefficient (Wildman–Crippen LogP) is 1.44. The quantitative estimate of drug-likeness (QED) is 0.737. The first kappa shape index (κ1) is 20.8. The second-order valence-corrected chi connectivity index (χ2v) is 7.12. The van der Waals surface area contributed by atoms with Crippen LogP contribution >= 0.6 is 0 Å². The van der Waals surface area contributed by atoms with E-state index in [0.29, 0.717) is 17.2 Å². The minimum absolute atomic E-state index is 0.00474. The molecule has 0 spiro atoms. The molecule has 29 heavy (non-hydrogen) atoms. The summed E-state index contributed by atoms with van der Waals surface area (Å²) in [6.07, 6.45) is 0. The Morgan fingerprint density at radius 3 is 2.21 bits per heavy atom. The maximum atomic E-state index is 12.8. The van der Waals surface area contributed by atoms with Crippen LogP contribution in [0.3, 0.4) is 0 Å². The van der Waals surface area contributed by atoms with E-state index in [-0.39, 0.29) is 11.9 Å². The fraction of sp³-hybridized carbons (Fsp3) is 0.409. The zero-order chi connectivity index (χ0) is 20.8. The fourth-order valence-electron chi connectivity index (χ4n) is 3.63. The molecule has 2 N–H and O–H groups in total. The van der Waals surface area contributed by atoms with Gasteiger partial charge < -0.3 is 29.3 Å². The van der Waals surface area contributed by atoms with E-state index >= 15 is 0 Å². The minimum atomic E-state index is -0.138. The molecule has 1 fully saturated rings. The molecule has 0 aliphatic carbocycles. The number of amides is 1. The van der Waals surface area contributed by atoms with Gasteiger partial charge in [-0.15, -0.1) is 0 Å². The van der Waals surface area contributed by atoms with Crippen LogP contribution in [0.1, 0.15) is 6.92 Å². The van der Waals surface area contributed by atoms with Crippen molar-refractivity contribution in [1.29, 1.82) is 0 Å². The van der Waals surface area contributed by atoms with Crippen molar-refractivity contribution in [3.8, 4) is 17.2 Å². The molecule has 7 heteroatoms. The van der Waals surface area contributed by atoms with Gasteiger partial charge in [-0.05, 0) is 43.3 Å². The number of carbonyl (C=O) groups is 1. The number of hydrogen-bond donors (Lipinski definition) is 2. The molecule has 0 saturated carbocycles. The lowest BCUT2D eigenvalue weighted by molar-refractivity contribution is -0.914. The SMILES string of the molecule is COc1ccc(N2CC[NH+]([C@H](C)C(=O)Nc3ccc(OC)c(OC)c3)CC2)cc1. The summed E-state index contributed by atoms with van der Waals surface area (Å²) >= 11 is 0. The molecule has 3 rings (SSSR count). The topological polar surface area (TPSA) is 64.5 Å². The summed E-state index contributed by atoms with van der Waals surface area (Å²) in [5.74, 6) is 2.10. The summed E-state index contributed by atoms with van der Waals surface area (Å²) in [6, 6.07) is 13.4. The van der Waals surface area contributed by atoms with Crippen molar-refractivity contribution in [3.05, 3.63) is 42.5 Å². The summed E-state index contributed by atoms with van der Waals surface area (Å²) in [6.45, 7) is 5.62. The number of methoxy groups -OCH3 is 3. The Balaban J connectivity index is 1.55. The monoisotopic (exact) mass is 400 g/mol. The Labute approximate surface area is 172 Å². The number of carbonyl (C=O) groups excluding carboxylic acids is 1. The third kappa shape index (κ3) is 4.92. The molecule has 1 heterocycles. The van der Waals surface area contributed by atoms with Gasteiger partial charge in [-0.2, -0.15) is 0 Å². The third-order valence-electron chi connectivity index (χ3n) is 5.50. The van der Waals surface area contributed by atoms with Crippen molar-refractivity contribution in [1.82, 2.24) is 0 Å². The normalized spacial score (nSPS) is 15.5. The Morgan fingerprint density at radius 1 is 0.966 bits per heavy atom. The van der Waals surface area contributed by atoms with Crippen molar-refractivity contribution in [2.75, 3.05) is 57.7 Å². The average Bonchev–Trinajstić information content (AvgIpc) is 2.78. The van der Waals surface area contributed by atoms with Crippen molar-refractivity contribution < 1.29 is 23.9 Å². The first-order valence-corrected chi connectivity index (χ1v) is 9.82. The number of nitrogens with one attached hydrogen (secondary N) is 2. The molecule has 1 aliphatic heterocycles. The number of benzene rings is 2. The van der Waals surface area contributed by atoms with Gasteiger partial charge >= 0.3 is 0 Å². The van der Waals surface area contributed by atoms with E-state index in [1.165, 1.54) is 10.6 Å². The smallest absolute Gasteiger partial charge is 0.282 e. The summed E-state index contributed by atoms with van der Waals surface area (Å²) in [5, 5.41) is 3.00. The summed E-state index contributed by atoms with van der Waals surface area (Å²) in [7, 11) is 4.84. The number of ether oxygens (including phenoxy) is 3. The first-order valence-electron chi connectivity index (χ1n) is 9.82. The van der Waals surface area contributed by atoms with E-state index in [1.54, 1.807) is 33.5 Å². The van der Waals surface area contributed by atoms with Gasteiger partial charge in [0.1, 0.15) is 5.75 Å². The summed E-state index contributed by atoms with van der Waals surface area (Å²) < 4.78 is 15.8. The molecule has 7 nitrogen and oxygen atoms in total. The van der Waals surface area contributed by atoms with Gasteiger partial charge in [-0.25, -0.2) is 0 Å². The average molecular weight is 400 g/mol. The Kier molecular flexibility index (Phi) is 6.82. The van der Waals surface area contributed by atoms with Gasteiger partial charge in [0, 0.05) is 17.4 Å². The highest BCUT2D eigenvalue weighted by molar-refractivity contribution is 5.94. The lowest BCUT2D eigenvalue weighted by Gasteiger charge is -2.36. The largest absolute Gasteiger partial charge is 0.497 e. The standard InChI is InChI=1S/C22H29N3O4/c1-16(22(26)23-17-5-10-20(28-3)21(15-17)29-4)24-11-13-25(14-12-24)18-6-8-19(27-2)9-7-18/h5-10,15-16H,11-14H2,1-4H3,(H,23,26)/p+1/t16-/m1/s1. The molecule has 156 valence electrons. The number of rotatable bonds is 7. The highest BCUT2D eigenvalue weighted by Crippen LogP contribution is 2.29. The molecule has 0 unspecified atom stereocenters. The fourth-order valence-corrected chi connectivity index (χ4v) is 3.63. The van der Waals surface area contributed by atoms with Gasteiger partial charge in [0.25, 0.3) is 5.91 Å². The number of piperazine rings is 1. The number of anilines is 2. The van der Waals surface area contributed by atoms with Gasteiger partial charge in [-0.1, -0.05) is 0 Å². The van der Waals surface area contributed by atoms with E-state index in [4.69, 9.17) is 14.2 Å². The highest BCUT2D eigenvalue weighted by atomic mass is 16.5. The Hall–Kier alpha value is -2.93. The predicted molar refractivity (Wildman–Crippen MR) is 114 cm³/mol. The van der Waals surface area contributed by atoms with E-state index in [1.807, 2.05) is 25.1 Å². The Bertz CT molecular complexity index is 817. The highest BCUT2D eigenvalue weighted by Gasteiger charge is 2.29. The van der Waals surface area contributed by atoms with Crippen LogP contribution in [0, 0.1) is 0 Å². The minimum Gasteiger partial charge on any atom is -0.497 e. The van der Waals surface area contributed by atoms with Gasteiger partial charge in [0.15, 0.2) is 17.5 Å². The summed E-state index contributed by atoms with van der Waals surface area (Å²) in [4.78, 5) is 16.4. The van der Waals surface area contributed by atoms with Gasteiger partial charge in [0.05, 0.1) is 47.5 Å². The van der Waals surface area contributed by atoms with Crippen LogP contribution in [0.25, 0.3) is 0 Å². The maximum Gasteiger partial charge on any atom is 0.282 e. The second kappa shape index (κ2) is 9.52. The van der Waals surface area contributed by atoms with Crippen LogP contribution in [0.4, 0.5) is 11.4 Å². The molecular weight excluding hydrogens is 370 g/mol.